The first-order valence-corrected chi connectivity index (χ1v) is 4.67. The fraction of sp³-hybridized carbons (Fsp3) is 0.364. The highest BCUT2D eigenvalue weighted by atomic mass is 16.4. The topological polar surface area (TPSA) is 37.0 Å². The van der Waals surface area contributed by atoms with Gasteiger partial charge in [0.2, 0.25) is 0 Å². The van der Waals surface area contributed by atoms with E-state index in [9.17, 15) is 5.21 Å². The van der Waals surface area contributed by atoms with Crippen LogP contribution in [0.1, 0.15) is 24.8 Å². The summed E-state index contributed by atoms with van der Waals surface area (Å²) >= 11 is 0. The van der Waals surface area contributed by atoms with E-state index in [1.54, 1.807) is 11.4 Å². The largest absolute Gasteiger partial charge is 0.626 e. The van der Waals surface area contributed by atoms with Gasteiger partial charge in [-0.25, -0.2) is 5.16 Å². The second-order valence-electron chi connectivity index (χ2n) is 3.05. The second kappa shape index (κ2) is 6.23. The minimum atomic E-state index is 0.857. The van der Waals surface area contributed by atoms with Crippen LogP contribution < -0.4 is 5.16 Å². The van der Waals surface area contributed by atoms with Gasteiger partial charge < -0.3 is 5.21 Å². The molecule has 13 heavy (non-hydrogen) atoms. The molecule has 1 aromatic rings. The van der Waals surface area contributed by atoms with E-state index in [1.807, 2.05) is 6.07 Å². The summed E-state index contributed by atoms with van der Waals surface area (Å²) < 4.78 is 0. The van der Waals surface area contributed by atoms with Gasteiger partial charge in [0, 0.05) is 6.42 Å². The maximum Gasteiger partial charge on any atom is 0.148 e. The number of hydrogen-bond acceptors (Lipinski definition) is 1. The van der Waals surface area contributed by atoms with E-state index >= 15 is 0 Å². The van der Waals surface area contributed by atoms with Crippen LogP contribution in [0.5, 0.6) is 0 Å². The van der Waals surface area contributed by atoms with E-state index in [4.69, 9.17) is 0 Å². The van der Waals surface area contributed by atoms with Gasteiger partial charge in [0.15, 0.2) is 0 Å². The van der Waals surface area contributed by atoms with Crippen LogP contribution in [0.25, 0.3) is 0 Å². The number of aryl methyl sites for hydroxylation is 1. The van der Waals surface area contributed by atoms with E-state index in [2.05, 4.69) is 24.3 Å². The molecule has 0 saturated carbocycles. The molecule has 1 rings (SSSR count). The standard InChI is InChI=1S/C11H15NO/c13-12-10-6-2-5-9-11-7-3-1-4-8-11/h1,3-4,7-8,10,12H,2,5-6,9H2. The van der Waals surface area contributed by atoms with Gasteiger partial charge in [-0.3, -0.25) is 0 Å². The summed E-state index contributed by atoms with van der Waals surface area (Å²) in [5, 5.41) is 11.6. The summed E-state index contributed by atoms with van der Waals surface area (Å²) in [6.07, 6.45) is 5.74. The molecule has 0 amide bonds. The van der Waals surface area contributed by atoms with Gasteiger partial charge in [0.1, 0.15) is 6.21 Å². The van der Waals surface area contributed by atoms with E-state index in [0.29, 0.717) is 0 Å². The van der Waals surface area contributed by atoms with Crippen molar-refractivity contribution in [3.05, 3.63) is 41.1 Å². The van der Waals surface area contributed by atoms with Crippen molar-refractivity contribution < 1.29 is 5.16 Å². The molecule has 0 aliphatic carbocycles. The van der Waals surface area contributed by atoms with Crippen LogP contribution in [0.2, 0.25) is 0 Å². The number of nitrogens with one attached hydrogen (secondary N) is 1. The molecule has 0 radical (unpaired) electrons. The molecule has 0 unspecified atom stereocenters. The molecule has 2 heteroatoms. The molecule has 0 bridgehead atoms. The Hall–Kier alpha value is -1.31. The monoisotopic (exact) mass is 177 g/mol. The minimum Gasteiger partial charge on any atom is -0.626 e. The maximum absolute atomic E-state index is 9.86. The van der Waals surface area contributed by atoms with Gasteiger partial charge in [-0.1, -0.05) is 30.3 Å². The van der Waals surface area contributed by atoms with E-state index in [0.717, 1.165) is 25.7 Å². The first-order chi connectivity index (χ1) is 6.43. The third-order valence-electron chi connectivity index (χ3n) is 1.99. The van der Waals surface area contributed by atoms with Crippen LogP contribution in [0.3, 0.4) is 0 Å². The van der Waals surface area contributed by atoms with E-state index in [1.165, 1.54) is 5.56 Å². The Bertz CT molecular complexity index is 244. The van der Waals surface area contributed by atoms with Crippen LogP contribution >= 0.6 is 0 Å². The predicted octanol–water partition coefficient (Wildman–Crippen LogP) is 1.05. The van der Waals surface area contributed by atoms with Gasteiger partial charge in [-0.15, -0.1) is 0 Å². The molecule has 0 aromatic heterocycles. The average molecular weight is 177 g/mol. The Morgan fingerprint density at radius 2 is 1.92 bits per heavy atom. The Labute approximate surface area is 78.9 Å². The summed E-state index contributed by atoms with van der Waals surface area (Å²) in [4.78, 5) is 0. The van der Waals surface area contributed by atoms with Gasteiger partial charge in [-0.05, 0) is 24.8 Å². The summed E-state index contributed by atoms with van der Waals surface area (Å²) in [7, 11) is 0. The summed E-state index contributed by atoms with van der Waals surface area (Å²) in [5.41, 5.74) is 1.37. The number of hydrogen-bond donors (Lipinski definition) is 1. The lowest BCUT2D eigenvalue weighted by atomic mass is 10.1. The zero-order chi connectivity index (χ0) is 9.36. The van der Waals surface area contributed by atoms with E-state index in [-0.39, 0.29) is 0 Å². The number of rotatable bonds is 5. The lowest BCUT2D eigenvalue weighted by Gasteiger charge is -1.98. The molecule has 1 N–H and O–H groups in total. The van der Waals surface area contributed by atoms with Crippen molar-refractivity contribution in [1.82, 2.24) is 0 Å². The zero-order valence-corrected chi connectivity index (χ0v) is 7.70. The van der Waals surface area contributed by atoms with Crippen molar-refractivity contribution in [2.45, 2.75) is 25.7 Å². The molecule has 70 valence electrons. The van der Waals surface area contributed by atoms with Gasteiger partial charge in [0.25, 0.3) is 0 Å². The third-order valence-corrected chi connectivity index (χ3v) is 1.99. The Balaban J connectivity index is 2.13. The van der Waals surface area contributed by atoms with Gasteiger partial charge >= 0.3 is 0 Å². The van der Waals surface area contributed by atoms with Gasteiger partial charge in [-0.2, -0.15) is 0 Å². The van der Waals surface area contributed by atoms with Crippen molar-refractivity contribution in [3.8, 4) is 0 Å². The van der Waals surface area contributed by atoms with Crippen LogP contribution in [0, 0.1) is 5.21 Å². The second-order valence-corrected chi connectivity index (χ2v) is 3.05. The van der Waals surface area contributed by atoms with Crippen molar-refractivity contribution in [2.75, 3.05) is 0 Å². The summed E-state index contributed by atoms with van der Waals surface area (Å²) in [6.45, 7) is 0. The lowest BCUT2D eigenvalue weighted by Crippen LogP contribution is -2.60. The third kappa shape index (κ3) is 4.31. The Kier molecular flexibility index (Phi) is 4.69. The predicted molar refractivity (Wildman–Crippen MR) is 54.4 cm³/mol. The molecule has 0 atom stereocenters. The lowest BCUT2D eigenvalue weighted by molar-refractivity contribution is -0.368. The van der Waals surface area contributed by atoms with Gasteiger partial charge in [0.05, 0.1) is 0 Å². The zero-order valence-electron chi connectivity index (χ0n) is 7.70. The normalized spacial score (nSPS) is 10.8. The van der Waals surface area contributed by atoms with Crippen LogP contribution in [-0.4, -0.2) is 6.21 Å². The van der Waals surface area contributed by atoms with Crippen molar-refractivity contribution in [1.29, 1.82) is 0 Å². The first-order valence-electron chi connectivity index (χ1n) is 4.67. The average Bonchev–Trinajstić information content (AvgIpc) is 2.19. The van der Waals surface area contributed by atoms with Crippen LogP contribution in [-0.2, 0) is 6.42 Å². The summed E-state index contributed by atoms with van der Waals surface area (Å²) in [5.74, 6) is 0. The highest BCUT2D eigenvalue weighted by molar-refractivity contribution is 5.49. The van der Waals surface area contributed by atoms with Crippen molar-refractivity contribution in [3.63, 3.8) is 0 Å². The number of benzene rings is 1. The SMILES string of the molecule is [O-][NH+]=CCCCCc1ccccc1. The highest BCUT2D eigenvalue weighted by Crippen LogP contribution is 2.04. The minimum absolute atomic E-state index is 0.857. The maximum atomic E-state index is 9.86. The first kappa shape index (κ1) is 9.78. The molecule has 0 saturated heterocycles. The molecule has 0 heterocycles. The Morgan fingerprint density at radius 3 is 2.62 bits per heavy atom. The molecule has 0 spiro atoms. The quantitative estimate of drug-likeness (QED) is 0.310. The van der Waals surface area contributed by atoms with E-state index < -0.39 is 0 Å². The summed E-state index contributed by atoms with van der Waals surface area (Å²) in [6, 6.07) is 10.4. The van der Waals surface area contributed by atoms with Crippen molar-refractivity contribution in [2.24, 2.45) is 0 Å². The molecular weight excluding hydrogens is 162 g/mol. The fourth-order valence-corrected chi connectivity index (χ4v) is 1.28. The molecule has 0 aliphatic rings. The van der Waals surface area contributed by atoms with Crippen molar-refractivity contribution >= 4 is 6.21 Å². The fourth-order valence-electron chi connectivity index (χ4n) is 1.28. The molecule has 0 fully saturated rings. The molecule has 1 aromatic carbocycles. The highest BCUT2D eigenvalue weighted by Gasteiger charge is 1.91. The van der Waals surface area contributed by atoms with Crippen LogP contribution in [0.4, 0.5) is 0 Å². The smallest absolute Gasteiger partial charge is 0.148 e. The number of unbranched alkanes of at least 4 members (excludes halogenated alkanes) is 2. The molecule has 0 aliphatic heterocycles. The molecular formula is C11H15NO. The molecule has 2 nitrogen and oxygen atoms in total. The van der Waals surface area contributed by atoms with Crippen LogP contribution in [0.15, 0.2) is 30.3 Å². The Morgan fingerprint density at radius 1 is 1.15 bits per heavy atom.